The van der Waals surface area contributed by atoms with E-state index in [0.29, 0.717) is 0 Å². The molecule has 0 saturated heterocycles. The van der Waals surface area contributed by atoms with Crippen molar-refractivity contribution < 1.29 is 9.90 Å². The Balaban J connectivity index is 3.26. The van der Waals surface area contributed by atoms with Crippen molar-refractivity contribution in [1.29, 1.82) is 0 Å². The third kappa shape index (κ3) is 2.10. The molecule has 1 aromatic carbocycles. The van der Waals surface area contributed by atoms with Crippen LogP contribution in [0.2, 0.25) is 0 Å². The standard InChI is InChI=1S/C12H12O2/c1-3-6-11(12(13)14)10-8-5-4-7-9(10)2/h3-8H,1H2,2H3,(H,13,14)/b11-6+. The lowest BCUT2D eigenvalue weighted by Crippen LogP contribution is -2.00. The first-order valence-corrected chi connectivity index (χ1v) is 4.29. The molecule has 1 rings (SSSR count). The predicted octanol–water partition coefficient (Wildman–Crippen LogP) is 2.65. The fraction of sp³-hybridized carbons (Fsp3) is 0.0833. The van der Waals surface area contributed by atoms with Crippen molar-refractivity contribution >= 4 is 11.5 Å². The van der Waals surface area contributed by atoms with Gasteiger partial charge in [0.25, 0.3) is 0 Å². The van der Waals surface area contributed by atoms with Gasteiger partial charge in [-0.25, -0.2) is 4.79 Å². The van der Waals surface area contributed by atoms with Gasteiger partial charge in [0, 0.05) is 0 Å². The van der Waals surface area contributed by atoms with E-state index in [1.165, 1.54) is 12.2 Å². The minimum atomic E-state index is -0.931. The first-order chi connectivity index (χ1) is 6.66. The van der Waals surface area contributed by atoms with Gasteiger partial charge in [0.15, 0.2) is 0 Å². The van der Waals surface area contributed by atoms with E-state index >= 15 is 0 Å². The normalized spacial score (nSPS) is 11.1. The lowest BCUT2D eigenvalue weighted by molar-refractivity contribution is -0.130. The van der Waals surface area contributed by atoms with E-state index in [0.717, 1.165) is 11.1 Å². The van der Waals surface area contributed by atoms with E-state index in [2.05, 4.69) is 6.58 Å². The van der Waals surface area contributed by atoms with Crippen LogP contribution in [-0.4, -0.2) is 11.1 Å². The fourth-order valence-corrected chi connectivity index (χ4v) is 1.27. The summed E-state index contributed by atoms with van der Waals surface area (Å²) in [7, 11) is 0. The van der Waals surface area contributed by atoms with Crippen LogP contribution in [0.5, 0.6) is 0 Å². The summed E-state index contributed by atoms with van der Waals surface area (Å²) in [4.78, 5) is 10.9. The Kier molecular flexibility index (Phi) is 3.24. The highest BCUT2D eigenvalue weighted by Crippen LogP contribution is 2.18. The van der Waals surface area contributed by atoms with Gasteiger partial charge < -0.3 is 5.11 Å². The van der Waals surface area contributed by atoms with Gasteiger partial charge in [-0.2, -0.15) is 0 Å². The van der Waals surface area contributed by atoms with Gasteiger partial charge in [0.2, 0.25) is 0 Å². The van der Waals surface area contributed by atoms with Crippen molar-refractivity contribution in [2.24, 2.45) is 0 Å². The van der Waals surface area contributed by atoms with E-state index in [1.54, 1.807) is 6.07 Å². The van der Waals surface area contributed by atoms with Crippen molar-refractivity contribution in [1.82, 2.24) is 0 Å². The summed E-state index contributed by atoms with van der Waals surface area (Å²) in [5, 5.41) is 8.97. The first-order valence-electron chi connectivity index (χ1n) is 4.29. The van der Waals surface area contributed by atoms with Crippen LogP contribution in [0, 0.1) is 6.92 Å². The number of allylic oxidation sites excluding steroid dienone is 2. The zero-order valence-corrected chi connectivity index (χ0v) is 8.03. The van der Waals surface area contributed by atoms with Gasteiger partial charge in [-0.15, -0.1) is 0 Å². The molecule has 14 heavy (non-hydrogen) atoms. The average Bonchev–Trinajstić information content (AvgIpc) is 2.15. The van der Waals surface area contributed by atoms with Gasteiger partial charge in [-0.3, -0.25) is 0 Å². The van der Waals surface area contributed by atoms with E-state index in [-0.39, 0.29) is 5.57 Å². The predicted molar refractivity (Wildman–Crippen MR) is 57.0 cm³/mol. The molecule has 0 radical (unpaired) electrons. The van der Waals surface area contributed by atoms with Crippen LogP contribution in [0.15, 0.2) is 43.0 Å². The average molecular weight is 188 g/mol. The third-order valence-electron chi connectivity index (χ3n) is 1.95. The maximum absolute atomic E-state index is 10.9. The zero-order chi connectivity index (χ0) is 10.6. The highest BCUT2D eigenvalue weighted by atomic mass is 16.4. The van der Waals surface area contributed by atoms with E-state index in [1.807, 2.05) is 25.1 Å². The van der Waals surface area contributed by atoms with Gasteiger partial charge in [0.1, 0.15) is 0 Å². The van der Waals surface area contributed by atoms with Gasteiger partial charge in [-0.1, -0.05) is 36.9 Å². The summed E-state index contributed by atoms with van der Waals surface area (Å²) in [5.41, 5.74) is 1.96. The summed E-state index contributed by atoms with van der Waals surface area (Å²) >= 11 is 0. The summed E-state index contributed by atoms with van der Waals surface area (Å²) in [6, 6.07) is 7.38. The molecule has 2 nitrogen and oxygen atoms in total. The molecule has 0 amide bonds. The SMILES string of the molecule is C=C/C=C(/C(=O)O)c1ccccc1C. The minimum Gasteiger partial charge on any atom is -0.478 e. The molecule has 2 heteroatoms. The lowest BCUT2D eigenvalue weighted by atomic mass is 10.0. The van der Waals surface area contributed by atoms with Crippen molar-refractivity contribution in [2.45, 2.75) is 6.92 Å². The number of hydrogen-bond donors (Lipinski definition) is 1. The van der Waals surface area contributed by atoms with Crippen LogP contribution in [-0.2, 0) is 4.79 Å². The monoisotopic (exact) mass is 188 g/mol. The Morgan fingerprint density at radius 1 is 1.43 bits per heavy atom. The van der Waals surface area contributed by atoms with Crippen LogP contribution >= 0.6 is 0 Å². The molecule has 0 heterocycles. The van der Waals surface area contributed by atoms with Crippen LogP contribution < -0.4 is 0 Å². The van der Waals surface area contributed by atoms with Crippen LogP contribution in [0.1, 0.15) is 11.1 Å². The number of benzene rings is 1. The molecule has 0 aliphatic carbocycles. The Morgan fingerprint density at radius 3 is 2.57 bits per heavy atom. The molecule has 0 atom stereocenters. The molecule has 0 aliphatic heterocycles. The van der Waals surface area contributed by atoms with Crippen molar-refractivity contribution in [3.63, 3.8) is 0 Å². The Labute approximate surface area is 83.2 Å². The number of aryl methyl sites for hydroxylation is 1. The van der Waals surface area contributed by atoms with E-state index in [4.69, 9.17) is 5.11 Å². The van der Waals surface area contributed by atoms with Crippen LogP contribution in [0.4, 0.5) is 0 Å². The van der Waals surface area contributed by atoms with Crippen molar-refractivity contribution in [3.8, 4) is 0 Å². The molecule has 0 spiro atoms. The molecule has 0 aliphatic rings. The number of aliphatic carboxylic acids is 1. The second-order valence-corrected chi connectivity index (χ2v) is 2.94. The Bertz CT molecular complexity index is 389. The molecule has 0 unspecified atom stereocenters. The zero-order valence-electron chi connectivity index (χ0n) is 8.03. The van der Waals surface area contributed by atoms with Gasteiger partial charge in [0.05, 0.1) is 5.57 Å². The van der Waals surface area contributed by atoms with Crippen LogP contribution in [0.3, 0.4) is 0 Å². The summed E-state index contributed by atoms with van der Waals surface area (Å²) in [6.07, 6.45) is 2.99. The molecule has 1 aromatic rings. The highest BCUT2D eigenvalue weighted by Gasteiger charge is 2.10. The summed E-state index contributed by atoms with van der Waals surface area (Å²) in [6.45, 7) is 5.38. The van der Waals surface area contributed by atoms with Gasteiger partial charge >= 0.3 is 5.97 Å². The molecular formula is C12H12O2. The molecule has 0 saturated carbocycles. The van der Waals surface area contributed by atoms with Crippen LogP contribution in [0.25, 0.3) is 5.57 Å². The molecular weight excluding hydrogens is 176 g/mol. The molecule has 0 bridgehead atoms. The lowest BCUT2D eigenvalue weighted by Gasteiger charge is -2.05. The summed E-state index contributed by atoms with van der Waals surface area (Å²) in [5.74, 6) is -0.931. The number of rotatable bonds is 3. The van der Waals surface area contributed by atoms with Crippen molar-refractivity contribution in [2.75, 3.05) is 0 Å². The van der Waals surface area contributed by atoms with Gasteiger partial charge in [-0.05, 0) is 24.1 Å². The molecule has 0 aromatic heterocycles. The topological polar surface area (TPSA) is 37.3 Å². The van der Waals surface area contributed by atoms with Crippen molar-refractivity contribution in [3.05, 3.63) is 54.1 Å². The number of carbonyl (C=O) groups is 1. The first kappa shape index (κ1) is 10.3. The largest absolute Gasteiger partial charge is 0.478 e. The fourth-order valence-electron chi connectivity index (χ4n) is 1.27. The molecule has 0 fully saturated rings. The minimum absolute atomic E-state index is 0.276. The third-order valence-corrected chi connectivity index (χ3v) is 1.95. The quantitative estimate of drug-likeness (QED) is 0.584. The number of carboxylic acids is 1. The second-order valence-electron chi connectivity index (χ2n) is 2.94. The summed E-state index contributed by atoms with van der Waals surface area (Å²) < 4.78 is 0. The van der Waals surface area contributed by atoms with E-state index < -0.39 is 5.97 Å². The Morgan fingerprint density at radius 2 is 2.07 bits per heavy atom. The highest BCUT2D eigenvalue weighted by molar-refractivity contribution is 6.16. The maximum Gasteiger partial charge on any atom is 0.336 e. The Hall–Kier alpha value is -1.83. The number of carboxylic acid groups (broad SMARTS) is 1. The number of hydrogen-bond acceptors (Lipinski definition) is 1. The maximum atomic E-state index is 10.9. The second kappa shape index (κ2) is 4.42. The van der Waals surface area contributed by atoms with E-state index in [9.17, 15) is 4.79 Å². The smallest absolute Gasteiger partial charge is 0.336 e. The molecule has 72 valence electrons. The molecule has 1 N–H and O–H groups in total.